The molecule has 1 amide bonds. The summed E-state index contributed by atoms with van der Waals surface area (Å²) in [5, 5.41) is 14.9. The van der Waals surface area contributed by atoms with Gasteiger partial charge in [-0.05, 0) is 24.3 Å². The monoisotopic (exact) mass is 558 g/mol. The molecule has 2 fully saturated rings. The molecule has 0 saturated carbocycles. The van der Waals surface area contributed by atoms with Crippen molar-refractivity contribution in [3.63, 3.8) is 0 Å². The van der Waals surface area contributed by atoms with Crippen LogP contribution in [0.2, 0.25) is 0 Å². The van der Waals surface area contributed by atoms with Crippen molar-refractivity contribution in [2.24, 2.45) is 5.41 Å². The second kappa shape index (κ2) is 7.56. The molecule has 0 aliphatic carbocycles. The number of nitrogens with zero attached hydrogens (tertiary/aromatic N) is 3. The van der Waals surface area contributed by atoms with Crippen LogP contribution in [0.15, 0.2) is 65.5 Å². The van der Waals surface area contributed by atoms with E-state index in [1.807, 2.05) is 42.5 Å². The van der Waals surface area contributed by atoms with Gasteiger partial charge in [0.05, 0.1) is 12.0 Å². The summed E-state index contributed by atoms with van der Waals surface area (Å²) in [5.41, 5.74) is -0.860. The number of carbonyl (C=O) groups is 2. The Bertz CT molecular complexity index is 1610. The fraction of sp³-hybridized carbons (Fsp3) is 0.231. The molecule has 2 aromatic carbocycles. The normalized spacial score (nSPS) is 28.8. The Morgan fingerprint density at radius 2 is 2.11 bits per heavy atom. The number of fused-ring (bicyclic) bond motifs is 5. The predicted molar refractivity (Wildman–Crippen MR) is 139 cm³/mol. The summed E-state index contributed by atoms with van der Waals surface area (Å²) < 4.78 is 0.772. The van der Waals surface area contributed by atoms with Crippen molar-refractivity contribution in [3.8, 4) is 6.07 Å². The maximum Gasteiger partial charge on any atom is 0.251 e. The van der Waals surface area contributed by atoms with Gasteiger partial charge in [0.1, 0.15) is 5.82 Å². The number of nitriles is 1. The van der Waals surface area contributed by atoms with Gasteiger partial charge in [-0.15, -0.1) is 11.8 Å². The number of ketones is 1. The number of aromatic amines is 2. The number of hydrogen-bond acceptors (Lipinski definition) is 6. The third-order valence-corrected chi connectivity index (χ3v) is 9.43. The number of imidazole rings is 1. The number of rotatable bonds is 3. The smallest absolute Gasteiger partial charge is 0.251 e. The van der Waals surface area contributed by atoms with Gasteiger partial charge in [-0.3, -0.25) is 14.5 Å². The Morgan fingerprint density at radius 3 is 2.92 bits per heavy atom. The molecule has 1 unspecified atom stereocenters. The van der Waals surface area contributed by atoms with Crippen LogP contribution < -0.4 is 5.32 Å². The van der Waals surface area contributed by atoms with E-state index in [0.717, 1.165) is 15.4 Å². The number of thioether (sulfide) groups is 1. The van der Waals surface area contributed by atoms with Crippen molar-refractivity contribution in [1.29, 1.82) is 5.26 Å². The molecule has 3 aliphatic rings. The van der Waals surface area contributed by atoms with Gasteiger partial charge in [0, 0.05) is 68.5 Å². The first-order valence-corrected chi connectivity index (χ1v) is 13.5. The highest BCUT2D eigenvalue weighted by Crippen LogP contribution is 2.67. The van der Waals surface area contributed by atoms with Gasteiger partial charge in [0.2, 0.25) is 0 Å². The Kier molecular flexibility index (Phi) is 4.59. The van der Waals surface area contributed by atoms with Crippen LogP contribution in [0.5, 0.6) is 0 Å². The third kappa shape index (κ3) is 2.45. The highest BCUT2D eigenvalue weighted by molar-refractivity contribution is 9.10. The zero-order chi connectivity index (χ0) is 24.7. The Hall–Kier alpha value is -3.39. The fourth-order valence-corrected chi connectivity index (χ4v) is 8.23. The van der Waals surface area contributed by atoms with Crippen LogP contribution >= 0.6 is 27.7 Å². The number of H-pyrrole nitrogens is 2. The average Bonchev–Trinajstić information content (AvgIpc) is 3.69. The summed E-state index contributed by atoms with van der Waals surface area (Å²) in [6.07, 6.45) is 4.99. The number of nitrogens with one attached hydrogen (secondary N) is 3. The number of Topliss-reactive ketones (excluding diaryl/α,β-unsaturated/α-hetero) is 1. The van der Waals surface area contributed by atoms with Gasteiger partial charge in [-0.2, -0.15) is 5.26 Å². The lowest BCUT2D eigenvalue weighted by Gasteiger charge is -2.41. The first kappa shape index (κ1) is 21.9. The molecule has 36 heavy (non-hydrogen) atoms. The molecule has 0 radical (unpaired) electrons. The highest BCUT2D eigenvalue weighted by Gasteiger charge is 2.79. The van der Waals surface area contributed by atoms with E-state index >= 15 is 0 Å². The zero-order valence-corrected chi connectivity index (χ0v) is 21.2. The van der Waals surface area contributed by atoms with Crippen molar-refractivity contribution in [1.82, 2.24) is 19.9 Å². The van der Waals surface area contributed by atoms with Crippen LogP contribution in [0.4, 0.5) is 5.69 Å². The number of para-hydroxylation sites is 1. The van der Waals surface area contributed by atoms with Crippen LogP contribution in [0.25, 0.3) is 10.9 Å². The van der Waals surface area contributed by atoms with E-state index in [1.165, 1.54) is 0 Å². The number of benzene rings is 2. The summed E-state index contributed by atoms with van der Waals surface area (Å²) in [6, 6.07) is 15.3. The summed E-state index contributed by atoms with van der Waals surface area (Å²) in [5.74, 6) is 0.345. The van der Waals surface area contributed by atoms with E-state index < -0.39 is 16.9 Å². The first-order chi connectivity index (χ1) is 17.5. The minimum absolute atomic E-state index is 0.245. The maximum atomic E-state index is 14.9. The fourth-order valence-electron chi connectivity index (χ4n) is 6.57. The SMILES string of the molecule is N#C[C@@]1(C(=O)c2c[nH]c3ccccc23)[C@@H](c2ncc[nH]2)C2CSCN2[C@]12C(=O)Nc1ccc(Br)cc12. The topological polar surface area (TPSA) is 118 Å². The lowest BCUT2D eigenvalue weighted by atomic mass is 9.59. The van der Waals surface area contributed by atoms with E-state index in [9.17, 15) is 14.9 Å². The molecule has 2 aromatic heterocycles. The van der Waals surface area contributed by atoms with Crippen LogP contribution in [0.3, 0.4) is 0 Å². The van der Waals surface area contributed by atoms with E-state index in [4.69, 9.17) is 0 Å². The van der Waals surface area contributed by atoms with E-state index in [-0.39, 0.29) is 17.7 Å². The zero-order valence-electron chi connectivity index (χ0n) is 18.8. The highest BCUT2D eigenvalue weighted by atomic mass is 79.9. The van der Waals surface area contributed by atoms with Crippen molar-refractivity contribution in [2.45, 2.75) is 17.5 Å². The van der Waals surface area contributed by atoms with Gasteiger partial charge in [0.15, 0.2) is 16.7 Å². The minimum Gasteiger partial charge on any atom is -0.360 e. The lowest BCUT2D eigenvalue weighted by Crippen LogP contribution is -2.59. The molecular formula is C26H19BrN6O2S. The number of hydrogen-bond donors (Lipinski definition) is 3. The molecule has 4 aromatic rings. The Labute approximate surface area is 218 Å². The van der Waals surface area contributed by atoms with Gasteiger partial charge in [-0.25, -0.2) is 4.98 Å². The van der Waals surface area contributed by atoms with Gasteiger partial charge < -0.3 is 15.3 Å². The van der Waals surface area contributed by atoms with Crippen LogP contribution in [-0.4, -0.2) is 49.2 Å². The minimum atomic E-state index is -1.78. The van der Waals surface area contributed by atoms with Gasteiger partial charge in [-0.1, -0.05) is 34.1 Å². The average molecular weight is 559 g/mol. The summed E-state index contributed by atoms with van der Waals surface area (Å²) in [6.45, 7) is 0. The standard InChI is InChI=1S/C26H19BrN6O2S/c27-14-5-6-19-17(9-14)26(24(35)32-19)25(12-28,22(34)16-10-31-18-4-2-1-3-15(16)18)21(23-29-7-8-30-23)20-11-36-13-33(20)26/h1-10,20-21,31H,11,13H2,(H,29,30)(H,32,35)/t20?,21-,25+,26-/m1/s1. The molecule has 5 heterocycles. The summed E-state index contributed by atoms with van der Waals surface area (Å²) in [7, 11) is 0. The quantitative estimate of drug-likeness (QED) is 0.321. The Balaban J connectivity index is 1.60. The summed E-state index contributed by atoms with van der Waals surface area (Å²) >= 11 is 5.25. The number of amides is 1. The van der Waals surface area contributed by atoms with Gasteiger partial charge >= 0.3 is 0 Å². The second-order valence-electron chi connectivity index (χ2n) is 9.34. The molecule has 1 spiro atoms. The van der Waals surface area contributed by atoms with Crippen molar-refractivity contribution >= 4 is 56.0 Å². The number of halogens is 1. The van der Waals surface area contributed by atoms with Crippen molar-refractivity contribution in [3.05, 3.63) is 82.5 Å². The second-order valence-corrected chi connectivity index (χ2v) is 11.3. The van der Waals surface area contributed by atoms with E-state index in [2.05, 4.69) is 47.2 Å². The number of aromatic nitrogens is 3. The molecule has 7 rings (SSSR count). The first-order valence-electron chi connectivity index (χ1n) is 11.5. The maximum absolute atomic E-state index is 14.9. The molecule has 178 valence electrons. The van der Waals surface area contributed by atoms with Crippen LogP contribution in [-0.2, 0) is 10.3 Å². The predicted octanol–water partition coefficient (Wildman–Crippen LogP) is 4.37. The molecule has 3 aliphatic heterocycles. The molecule has 10 heteroatoms. The largest absolute Gasteiger partial charge is 0.360 e. The molecule has 8 nitrogen and oxygen atoms in total. The van der Waals surface area contributed by atoms with Crippen LogP contribution in [0.1, 0.15) is 27.7 Å². The van der Waals surface area contributed by atoms with Crippen molar-refractivity contribution < 1.29 is 9.59 Å². The summed E-state index contributed by atoms with van der Waals surface area (Å²) in [4.78, 5) is 42.1. The number of carbonyl (C=O) groups excluding carboxylic acids is 2. The van der Waals surface area contributed by atoms with E-state index in [0.29, 0.717) is 34.3 Å². The number of anilines is 1. The molecule has 4 atom stereocenters. The third-order valence-electron chi connectivity index (χ3n) is 7.90. The lowest BCUT2D eigenvalue weighted by molar-refractivity contribution is -0.129. The molecule has 0 bridgehead atoms. The Morgan fingerprint density at radius 1 is 1.25 bits per heavy atom. The molecule has 2 saturated heterocycles. The van der Waals surface area contributed by atoms with Gasteiger partial charge in [0.25, 0.3) is 5.91 Å². The van der Waals surface area contributed by atoms with Crippen molar-refractivity contribution in [2.75, 3.05) is 16.9 Å². The van der Waals surface area contributed by atoms with E-state index in [1.54, 1.807) is 30.4 Å². The molecule has 3 N–H and O–H groups in total. The van der Waals surface area contributed by atoms with Crippen LogP contribution in [0, 0.1) is 16.7 Å². The molecular weight excluding hydrogens is 540 g/mol.